The normalized spacial score (nSPS) is 19.3. The van der Waals surface area contributed by atoms with Crippen molar-refractivity contribution in [1.29, 1.82) is 0 Å². The maximum Gasteiger partial charge on any atom is 0.306 e. The molecule has 1 aliphatic heterocycles. The maximum absolute atomic E-state index is 13.4. The number of carbonyl (C=O) groups excluding carboxylic acids is 2. The van der Waals surface area contributed by atoms with E-state index in [2.05, 4.69) is 123 Å². The molecule has 476 valence electrons. The number of hydrogen-bond donors (Lipinski definition) is 6. The molecule has 0 radical (unpaired) electrons. The number of amides is 1. The van der Waals surface area contributed by atoms with Crippen molar-refractivity contribution in [2.24, 2.45) is 0 Å². The number of nitrogens with one attached hydrogen (secondary N) is 1. The van der Waals surface area contributed by atoms with Gasteiger partial charge in [0.25, 0.3) is 0 Å². The number of allylic oxidation sites excluding steroid dienone is 17. The lowest BCUT2D eigenvalue weighted by Gasteiger charge is -2.41. The number of hydrogen-bond acceptors (Lipinski definition) is 10. The lowest BCUT2D eigenvalue weighted by molar-refractivity contribution is -0.305. The van der Waals surface area contributed by atoms with E-state index in [0.717, 1.165) is 141 Å². The highest BCUT2D eigenvalue weighted by molar-refractivity contribution is 5.80. The molecule has 11 heteroatoms. The van der Waals surface area contributed by atoms with Crippen molar-refractivity contribution in [3.05, 3.63) is 109 Å². The zero-order valence-electron chi connectivity index (χ0n) is 52.8. The molecule has 0 aromatic rings. The van der Waals surface area contributed by atoms with E-state index >= 15 is 0 Å². The molecule has 8 atom stereocenters. The molecule has 8 unspecified atom stereocenters. The van der Waals surface area contributed by atoms with E-state index in [1.807, 2.05) is 6.08 Å². The van der Waals surface area contributed by atoms with Gasteiger partial charge in [0.05, 0.1) is 25.4 Å². The van der Waals surface area contributed by atoms with Crippen LogP contribution in [0.25, 0.3) is 0 Å². The maximum atomic E-state index is 13.4. The highest BCUT2D eigenvalue weighted by Crippen LogP contribution is 2.26. The van der Waals surface area contributed by atoms with E-state index in [9.17, 15) is 35.1 Å². The van der Waals surface area contributed by atoms with Crippen molar-refractivity contribution >= 4 is 11.9 Å². The fourth-order valence-electron chi connectivity index (χ4n) is 9.86. The molecule has 0 saturated carbocycles. The Labute approximate surface area is 507 Å². The first kappa shape index (κ1) is 77.3. The third-order valence-electron chi connectivity index (χ3n) is 15.2. The summed E-state index contributed by atoms with van der Waals surface area (Å²) in [6, 6.07) is -1.04. The number of unbranched alkanes of at least 4 members (excludes halogenated alkanes) is 26. The molecule has 11 nitrogen and oxygen atoms in total. The molecule has 1 heterocycles. The third-order valence-corrected chi connectivity index (χ3v) is 15.2. The van der Waals surface area contributed by atoms with Crippen LogP contribution in [0.1, 0.15) is 271 Å². The van der Waals surface area contributed by atoms with E-state index in [1.165, 1.54) is 83.5 Å². The lowest BCUT2D eigenvalue weighted by atomic mass is 9.99. The SMILES string of the molecule is CC/C=C\C/C=C\C/C=C\C/C=C\C/C=C\C/C=C\CCCCCCCCC(=O)OC1C(OCC(NC(=O)C(O)CCCCCCCC/C=C\C/C=C\CCCCC)C(O)/C=C/CCCCCCCCCCCCC)OC(CO)C(O)C1O. The Morgan fingerprint density at radius 1 is 0.482 bits per heavy atom. The largest absolute Gasteiger partial charge is 0.454 e. The van der Waals surface area contributed by atoms with E-state index in [1.54, 1.807) is 6.08 Å². The fourth-order valence-corrected chi connectivity index (χ4v) is 9.86. The third kappa shape index (κ3) is 46.2. The van der Waals surface area contributed by atoms with Crippen molar-refractivity contribution in [2.75, 3.05) is 13.2 Å². The van der Waals surface area contributed by atoms with E-state index in [0.29, 0.717) is 12.8 Å². The second-order valence-electron chi connectivity index (χ2n) is 22.8. The van der Waals surface area contributed by atoms with Crippen LogP contribution in [0.2, 0.25) is 0 Å². The fraction of sp³-hybridized carbons (Fsp3) is 0.722. The van der Waals surface area contributed by atoms with Gasteiger partial charge >= 0.3 is 5.97 Å². The van der Waals surface area contributed by atoms with Gasteiger partial charge in [-0.2, -0.15) is 0 Å². The molecular formula is C72H123NO10. The second-order valence-corrected chi connectivity index (χ2v) is 22.8. The molecule has 0 spiro atoms. The summed E-state index contributed by atoms with van der Waals surface area (Å²) in [5, 5.41) is 57.1. The lowest BCUT2D eigenvalue weighted by Crippen LogP contribution is -2.61. The first-order valence-electron chi connectivity index (χ1n) is 33.7. The van der Waals surface area contributed by atoms with Crippen molar-refractivity contribution < 1.29 is 49.3 Å². The topological polar surface area (TPSA) is 175 Å². The van der Waals surface area contributed by atoms with Crippen LogP contribution in [-0.4, -0.2) is 99.6 Å². The van der Waals surface area contributed by atoms with Crippen LogP contribution in [0.3, 0.4) is 0 Å². The van der Waals surface area contributed by atoms with Gasteiger partial charge in [-0.15, -0.1) is 0 Å². The minimum absolute atomic E-state index is 0.0996. The summed E-state index contributed by atoms with van der Waals surface area (Å²) in [5.41, 5.74) is 0. The van der Waals surface area contributed by atoms with Gasteiger partial charge in [-0.1, -0.05) is 265 Å². The summed E-state index contributed by atoms with van der Waals surface area (Å²) in [4.78, 5) is 26.6. The van der Waals surface area contributed by atoms with E-state index in [-0.39, 0.29) is 19.4 Å². The predicted octanol–water partition coefficient (Wildman–Crippen LogP) is 16.8. The summed E-state index contributed by atoms with van der Waals surface area (Å²) in [5.74, 6) is -1.22. The number of ether oxygens (including phenoxy) is 3. The Kier molecular flexibility index (Phi) is 54.7. The average Bonchev–Trinajstić information content (AvgIpc) is 3.58. The molecule has 1 amide bonds. The van der Waals surface area contributed by atoms with Gasteiger partial charge in [-0.3, -0.25) is 9.59 Å². The monoisotopic (exact) mass is 1160 g/mol. The molecule has 1 aliphatic rings. The summed E-state index contributed by atoms with van der Waals surface area (Å²) < 4.78 is 17.7. The molecular weight excluding hydrogens is 1040 g/mol. The smallest absolute Gasteiger partial charge is 0.306 e. The van der Waals surface area contributed by atoms with Crippen LogP contribution in [-0.2, 0) is 23.8 Å². The quantitative estimate of drug-likeness (QED) is 0.0195. The van der Waals surface area contributed by atoms with Crippen molar-refractivity contribution in [2.45, 2.75) is 320 Å². The van der Waals surface area contributed by atoms with Crippen molar-refractivity contribution in [3.8, 4) is 0 Å². The van der Waals surface area contributed by atoms with Crippen LogP contribution < -0.4 is 5.32 Å². The van der Waals surface area contributed by atoms with Gasteiger partial charge < -0.3 is 45.1 Å². The van der Waals surface area contributed by atoms with Gasteiger partial charge in [0.2, 0.25) is 5.91 Å². The standard InChI is InChI=1S/C72H123NO10/c1-4-7-10-13-16-19-22-25-27-29-30-31-32-33-34-35-36-37-39-42-45-48-51-54-57-60-67(77)83-70-69(79)68(78)66(61-74)82-72(70)81-62-63(64(75)58-55-52-49-46-43-40-24-21-18-15-12-9-6-3)73-71(80)65(76)59-56-53-50-47-44-41-38-28-26-23-20-17-14-11-8-5-2/h7,10,16-17,19-20,25-28,30-31,33-34,36-37,55,58,63-66,68-70,72,74-76,78-79H,4-6,8-9,11-15,18,21-24,29,32,35,38-54,56-57,59-62H2,1-3H3,(H,73,80)/b10-7-,19-16-,20-17-,27-25-,28-26-,31-30-,34-33-,37-36-,58-55+. The van der Waals surface area contributed by atoms with Gasteiger partial charge in [-0.25, -0.2) is 0 Å². The van der Waals surface area contributed by atoms with E-state index in [4.69, 9.17) is 14.2 Å². The average molecular weight is 1160 g/mol. The van der Waals surface area contributed by atoms with Gasteiger partial charge in [-0.05, 0) is 109 Å². The van der Waals surface area contributed by atoms with E-state index < -0.39 is 67.4 Å². The molecule has 0 aromatic heterocycles. The molecule has 0 aromatic carbocycles. The van der Waals surface area contributed by atoms with Crippen LogP contribution in [0.15, 0.2) is 109 Å². The van der Waals surface area contributed by atoms with Crippen molar-refractivity contribution in [1.82, 2.24) is 5.32 Å². The van der Waals surface area contributed by atoms with Gasteiger partial charge in [0, 0.05) is 6.42 Å². The summed E-state index contributed by atoms with van der Waals surface area (Å²) in [7, 11) is 0. The number of aliphatic hydroxyl groups is 5. The summed E-state index contributed by atoms with van der Waals surface area (Å²) in [6.45, 7) is 5.65. The molecule has 0 bridgehead atoms. The van der Waals surface area contributed by atoms with Crippen LogP contribution in [0, 0.1) is 0 Å². The Hall–Kier alpha value is -3.68. The minimum Gasteiger partial charge on any atom is -0.454 e. The Bertz CT molecular complexity index is 1770. The number of esters is 1. The number of aliphatic hydroxyl groups excluding tert-OH is 5. The first-order valence-corrected chi connectivity index (χ1v) is 33.7. The number of carbonyl (C=O) groups is 2. The van der Waals surface area contributed by atoms with Crippen molar-refractivity contribution in [3.63, 3.8) is 0 Å². The summed E-state index contributed by atoms with van der Waals surface area (Å²) in [6.07, 6.45) is 69.7. The highest BCUT2D eigenvalue weighted by atomic mass is 16.7. The minimum atomic E-state index is -1.63. The molecule has 83 heavy (non-hydrogen) atoms. The molecule has 1 fully saturated rings. The molecule has 1 saturated heterocycles. The summed E-state index contributed by atoms with van der Waals surface area (Å²) >= 11 is 0. The molecule has 0 aliphatic carbocycles. The van der Waals surface area contributed by atoms with Gasteiger partial charge in [0.15, 0.2) is 12.4 Å². The zero-order valence-corrected chi connectivity index (χ0v) is 52.8. The van der Waals surface area contributed by atoms with Crippen LogP contribution in [0.4, 0.5) is 0 Å². The second kappa shape index (κ2) is 58.7. The first-order chi connectivity index (χ1) is 40.7. The zero-order chi connectivity index (χ0) is 60.3. The Balaban J connectivity index is 2.64. The van der Waals surface area contributed by atoms with Crippen LogP contribution >= 0.6 is 0 Å². The van der Waals surface area contributed by atoms with Gasteiger partial charge in [0.1, 0.15) is 24.4 Å². The Morgan fingerprint density at radius 2 is 0.867 bits per heavy atom. The molecule has 6 N–H and O–H groups in total. The Morgan fingerprint density at radius 3 is 1.33 bits per heavy atom. The molecule has 1 rings (SSSR count). The predicted molar refractivity (Wildman–Crippen MR) is 347 cm³/mol. The van der Waals surface area contributed by atoms with Crippen LogP contribution in [0.5, 0.6) is 0 Å². The highest BCUT2D eigenvalue weighted by Gasteiger charge is 2.47. The number of rotatable bonds is 56.